The van der Waals surface area contributed by atoms with E-state index in [4.69, 9.17) is 4.74 Å². The van der Waals surface area contributed by atoms with E-state index in [1.54, 1.807) is 0 Å². The molecule has 0 aliphatic rings. The lowest BCUT2D eigenvalue weighted by Crippen LogP contribution is -2.45. The molecule has 0 aromatic heterocycles. The van der Waals surface area contributed by atoms with Crippen molar-refractivity contribution in [3.63, 3.8) is 0 Å². The molecule has 0 aromatic carbocycles. The molecule has 6 nitrogen and oxygen atoms in total. The number of aliphatic hydroxyl groups is 2. The summed E-state index contributed by atoms with van der Waals surface area (Å²) in [6.45, 7) is 4.99. The lowest BCUT2D eigenvalue weighted by Gasteiger charge is -2.22. The van der Waals surface area contributed by atoms with Gasteiger partial charge in [0.2, 0.25) is 5.91 Å². The molecule has 0 heterocycles. The molecule has 418 valence electrons. The van der Waals surface area contributed by atoms with Crippen LogP contribution in [-0.2, 0) is 14.3 Å². The van der Waals surface area contributed by atoms with Crippen molar-refractivity contribution in [3.8, 4) is 0 Å². The van der Waals surface area contributed by atoms with Gasteiger partial charge in [-0.25, -0.2) is 0 Å². The maximum atomic E-state index is 12.5. The van der Waals surface area contributed by atoms with Gasteiger partial charge in [0.15, 0.2) is 0 Å². The predicted molar refractivity (Wildman–Crippen MR) is 306 cm³/mol. The molecule has 0 fully saturated rings. The van der Waals surface area contributed by atoms with Gasteiger partial charge in [0.05, 0.1) is 25.4 Å². The van der Waals surface area contributed by atoms with E-state index >= 15 is 0 Å². The molecule has 1 amide bonds. The molecule has 6 heteroatoms. The monoisotopic (exact) mass is 990 g/mol. The second kappa shape index (κ2) is 60.4. The first kappa shape index (κ1) is 68.9. The van der Waals surface area contributed by atoms with Crippen molar-refractivity contribution in [1.29, 1.82) is 0 Å². The Morgan fingerprint density at radius 2 is 0.586 bits per heavy atom. The summed E-state index contributed by atoms with van der Waals surface area (Å²) >= 11 is 0. The van der Waals surface area contributed by atoms with Gasteiger partial charge in [-0.2, -0.15) is 0 Å². The number of hydrogen-bond acceptors (Lipinski definition) is 5. The smallest absolute Gasteiger partial charge is 0.305 e. The number of esters is 1. The zero-order chi connectivity index (χ0) is 50.7. The average molecular weight is 991 g/mol. The number of ether oxygens (including phenoxy) is 1. The largest absolute Gasteiger partial charge is 0.466 e. The number of carbonyl (C=O) groups is 2. The van der Waals surface area contributed by atoms with Crippen molar-refractivity contribution in [2.75, 3.05) is 13.2 Å². The predicted octanol–water partition coefficient (Wildman–Crippen LogP) is 20.3. The van der Waals surface area contributed by atoms with E-state index in [2.05, 4.69) is 19.2 Å². The number of aliphatic hydroxyl groups excluding tert-OH is 2. The fourth-order valence-corrected chi connectivity index (χ4v) is 10.5. The number of amides is 1. The molecule has 0 aliphatic heterocycles. The van der Waals surface area contributed by atoms with Gasteiger partial charge in [-0.1, -0.05) is 335 Å². The molecule has 2 atom stereocenters. The van der Waals surface area contributed by atoms with E-state index in [1.807, 2.05) is 0 Å². The minimum atomic E-state index is -0.666. The Bertz CT molecular complexity index is 1010. The number of hydrogen-bond donors (Lipinski definition) is 3. The highest BCUT2D eigenvalue weighted by Crippen LogP contribution is 2.19. The van der Waals surface area contributed by atoms with Crippen molar-refractivity contribution in [3.05, 3.63) is 0 Å². The van der Waals surface area contributed by atoms with Crippen LogP contribution < -0.4 is 5.32 Å². The first-order valence-corrected chi connectivity index (χ1v) is 32.3. The summed E-state index contributed by atoms with van der Waals surface area (Å²) in [6.07, 6.45) is 71.1. The standard InChI is InChI=1S/C64H127NO5/c1-3-5-7-9-11-13-15-17-19-21-25-28-32-36-40-44-48-52-56-62(67)61(60-66)65-63(68)57-53-49-45-41-37-33-29-26-22-23-27-31-35-39-43-47-51-55-59-70-64(69)58-54-50-46-42-38-34-30-24-20-18-16-14-12-10-8-6-4-2/h61-62,66-67H,3-60H2,1-2H3,(H,65,68). The Labute approximate surface area is 438 Å². The number of unbranched alkanes of at least 4 members (excludes halogenated alkanes) is 50. The lowest BCUT2D eigenvalue weighted by atomic mass is 10.0. The third kappa shape index (κ3) is 56.2. The molecule has 70 heavy (non-hydrogen) atoms. The summed E-state index contributed by atoms with van der Waals surface area (Å²) in [5.74, 6) is -0.0219. The van der Waals surface area contributed by atoms with Crippen LogP contribution in [0.3, 0.4) is 0 Å². The van der Waals surface area contributed by atoms with E-state index in [0.29, 0.717) is 25.9 Å². The van der Waals surface area contributed by atoms with Gasteiger partial charge in [-0.15, -0.1) is 0 Å². The van der Waals surface area contributed by atoms with Crippen LogP contribution in [0.5, 0.6) is 0 Å². The highest BCUT2D eigenvalue weighted by molar-refractivity contribution is 5.76. The van der Waals surface area contributed by atoms with E-state index < -0.39 is 12.1 Å². The summed E-state index contributed by atoms with van der Waals surface area (Å²) in [5, 5.41) is 23.4. The fourth-order valence-electron chi connectivity index (χ4n) is 10.5. The zero-order valence-electron chi connectivity index (χ0n) is 47.8. The van der Waals surface area contributed by atoms with Crippen LogP contribution >= 0.6 is 0 Å². The van der Waals surface area contributed by atoms with E-state index in [9.17, 15) is 19.8 Å². The zero-order valence-corrected chi connectivity index (χ0v) is 47.8. The van der Waals surface area contributed by atoms with Gasteiger partial charge in [0.1, 0.15) is 0 Å². The molecular weight excluding hydrogens is 863 g/mol. The minimum absolute atomic E-state index is 0.0127. The quantitative estimate of drug-likeness (QED) is 0.0417. The van der Waals surface area contributed by atoms with Crippen LogP contribution in [0.2, 0.25) is 0 Å². The first-order chi connectivity index (χ1) is 34.5. The summed E-state index contributed by atoms with van der Waals surface area (Å²) in [4.78, 5) is 24.6. The second-order valence-corrected chi connectivity index (χ2v) is 22.5. The van der Waals surface area contributed by atoms with E-state index in [0.717, 1.165) is 38.5 Å². The number of rotatable bonds is 61. The highest BCUT2D eigenvalue weighted by atomic mass is 16.5. The van der Waals surface area contributed by atoms with Gasteiger partial charge >= 0.3 is 5.97 Å². The van der Waals surface area contributed by atoms with E-state index in [1.165, 1.54) is 302 Å². The van der Waals surface area contributed by atoms with Gasteiger partial charge < -0.3 is 20.3 Å². The SMILES string of the molecule is CCCCCCCCCCCCCCCCCCCCC(O)C(CO)NC(=O)CCCCCCCCCCCCCCCCCCCCOC(=O)CCCCCCCCCCCCCCCCCCC. The average Bonchev–Trinajstić information content (AvgIpc) is 3.36. The van der Waals surface area contributed by atoms with Crippen LogP contribution in [0, 0.1) is 0 Å². The Morgan fingerprint density at radius 1 is 0.343 bits per heavy atom. The van der Waals surface area contributed by atoms with Gasteiger partial charge in [-0.05, 0) is 25.7 Å². The molecule has 0 rings (SSSR count). The maximum absolute atomic E-state index is 12.5. The number of nitrogens with one attached hydrogen (secondary N) is 1. The Hall–Kier alpha value is -1.14. The minimum Gasteiger partial charge on any atom is -0.466 e. The molecule has 0 saturated carbocycles. The molecule has 0 saturated heterocycles. The molecule has 0 radical (unpaired) electrons. The molecule has 0 aliphatic carbocycles. The van der Waals surface area contributed by atoms with Gasteiger partial charge in [0, 0.05) is 12.8 Å². The summed E-state index contributed by atoms with van der Waals surface area (Å²) < 4.78 is 5.50. The van der Waals surface area contributed by atoms with E-state index in [-0.39, 0.29) is 18.5 Å². The lowest BCUT2D eigenvalue weighted by molar-refractivity contribution is -0.143. The van der Waals surface area contributed by atoms with Crippen LogP contribution in [0.25, 0.3) is 0 Å². The highest BCUT2D eigenvalue weighted by Gasteiger charge is 2.20. The van der Waals surface area contributed by atoms with Crippen molar-refractivity contribution >= 4 is 11.9 Å². The van der Waals surface area contributed by atoms with Crippen LogP contribution in [0.1, 0.15) is 373 Å². The normalized spacial score (nSPS) is 12.5. The Kier molecular flexibility index (Phi) is 59.4. The number of carbonyl (C=O) groups excluding carboxylic acids is 2. The van der Waals surface area contributed by atoms with Gasteiger partial charge in [0.25, 0.3) is 0 Å². The van der Waals surface area contributed by atoms with Crippen LogP contribution in [0.15, 0.2) is 0 Å². The molecule has 2 unspecified atom stereocenters. The van der Waals surface area contributed by atoms with Gasteiger partial charge in [-0.3, -0.25) is 9.59 Å². The molecule has 0 bridgehead atoms. The third-order valence-corrected chi connectivity index (χ3v) is 15.4. The van der Waals surface area contributed by atoms with Crippen LogP contribution in [0.4, 0.5) is 0 Å². The summed E-state index contributed by atoms with van der Waals surface area (Å²) in [5.41, 5.74) is 0. The molecule has 0 aromatic rings. The second-order valence-electron chi connectivity index (χ2n) is 22.5. The Morgan fingerprint density at radius 3 is 0.871 bits per heavy atom. The maximum Gasteiger partial charge on any atom is 0.305 e. The fraction of sp³-hybridized carbons (Fsp3) is 0.969. The summed E-state index contributed by atoms with van der Waals surface area (Å²) in [7, 11) is 0. The topological polar surface area (TPSA) is 95.9 Å². The van der Waals surface area contributed by atoms with Crippen molar-refractivity contribution in [2.45, 2.75) is 386 Å². The molecule has 3 N–H and O–H groups in total. The summed E-state index contributed by atoms with van der Waals surface area (Å²) in [6, 6.07) is -0.544. The van der Waals surface area contributed by atoms with Crippen molar-refractivity contribution in [2.24, 2.45) is 0 Å². The van der Waals surface area contributed by atoms with Crippen LogP contribution in [-0.4, -0.2) is 47.4 Å². The van der Waals surface area contributed by atoms with Crippen molar-refractivity contribution in [1.82, 2.24) is 5.32 Å². The van der Waals surface area contributed by atoms with Crippen molar-refractivity contribution < 1.29 is 24.5 Å². The molecule has 0 spiro atoms. The third-order valence-electron chi connectivity index (χ3n) is 15.4. The molecular formula is C64H127NO5. The first-order valence-electron chi connectivity index (χ1n) is 32.3. The Balaban J connectivity index is 3.38.